The van der Waals surface area contributed by atoms with Crippen LogP contribution in [0.2, 0.25) is 0 Å². The molecule has 4 amide bonds. The molecule has 1 aromatic rings. The molecule has 3 unspecified atom stereocenters. The van der Waals surface area contributed by atoms with E-state index in [-0.39, 0.29) is 6.42 Å². The Kier molecular flexibility index (Phi) is 13.5. The molecule has 0 bridgehead atoms. The molecule has 3 atom stereocenters. The number of carbonyl (C=O) groups excluding carboxylic acids is 5. The minimum absolute atomic E-state index is 0.281. The van der Waals surface area contributed by atoms with E-state index in [0.29, 0.717) is 23.3 Å². The Morgan fingerprint density at radius 2 is 1.54 bits per heavy atom. The van der Waals surface area contributed by atoms with E-state index in [9.17, 15) is 24.0 Å². The van der Waals surface area contributed by atoms with Crippen LogP contribution < -0.4 is 16.8 Å². The number of unbranched alkanes of at least 4 members (excludes halogenated alkanes) is 4. The van der Waals surface area contributed by atoms with Crippen molar-refractivity contribution in [1.29, 1.82) is 0 Å². The van der Waals surface area contributed by atoms with Crippen LogP contribution >= 0.6 is 0 Å². The van der Waals surface area contributed by atoms with Crippen LogP contribution in [0.15, 0.2) is 30.3 Å². The van der Waals surface area contributed by atoms with Gasteiger partial charge in [0.1, 0.15) is 12.6 Å². The third-order valence-corrected chi connectivity index (χ3v) is 5.85. The first kappa shape index (κ1) is 30.0. The Morgan fingerprint density at radius 3 is 2.11 bits per heavy atom. The molecule has 0 saturated carbocycles. The minimum Gasteiger partial charge on any atom is -0.368 e. The minimum atomic E-state index is -1.15. The second-order valence-electron chi connectivity index (χ2n) is 8.91. The molecule has 0 aliphatic carbocycles. The van der Waals surface area contributed by atoms with E-state index < -0.39 is 54.0 Å². The van der Waals surface area contributed by atoms with Gasteiger partial charge < -0.3 is 16.8 Å². The molecule has 0 saturated heterocycles. The Morgan fingerprint density at radius 1 is 0.914 bits per heavy atom. The standard InChI is InChI=1S/C26H40N4O5/c1-4-6-7-8-10-14-18(3)25(34)30(26(35)23(32)20(27)13-5-2)17-21(31)29-22(24(28)33)19-15-11-9-12-16-19/h9,11-12,15-16,18,20,22H,4-8,10,13-14,17,27H2,1-3H3,(H2,28,33)(H,29,31). The summed E-state index contributed by atoms with van der Waals surface area (Å²) in [7, 11) is 0. The van der Waals surface area contributed by atoms with Gasteiger partial charge in [-0.2, -0.15) is 0 Å². The zero-order valence-corrected chi connectivity index (χ0v) is 21.1. The average molecular weight is 489 g/mol. The summed E-state index contributed by atoms with van der Waals surface area (Å²) in [5.41, 5.74) is 11.7. The lowest BCUT2D eigenvalue weighted by molar-refractivity contribution is -0.155. The Bertz CT molecular complexity index is 859. The quantitative estimate of drug-likeness (QED) is 0.240. The molecule has 0 aliphatic heterocycles. The number of hydrogen-bond donors (Lipinski definition) is 3. The predicted molar refractivity (Wildman–Crippen MR) is 134 cm³/mol. The molecule has 9 nitrogen and oxygen atoms in total. The third-order valence-electron chi connectivity index (χ3n) is 5.85. The number of nitrogens with one attached hydrogen (secondary N) is 1. The van der Waals surface area contributed by atoms with Crippen LogP contribution in [0.5, 0.6) is 0 Å². The van der Waals surface area contributed by atoms with Gasteiger partial charge in [-0.3, -0.25) is 28.9 Å². The summed E-state index contributed by atoms with van der Waals surface area (Å²) >= 11 is 0. The van der Waals surface area contributed by atoms with Gasteiger partial charge in [-0.15, -0.1) is 0 Å². The highest BCUT2D eigenvalue weighted by Crippen LogP contribution is 2.16. The van der Waals surface area contributed by atoms with Crippen molar-refractivity contribution in [3.8, 4) is 0 Å². The number of amides is 4. The van der Waals surface area contributed by atoms with Gasteiger partial charge in [0.15, 0.2) is 0 Å². The number of rotatable bonds is 16. The van der Waals surface area contributed by atoms with Gasteiger partial charge in [0.25, 0.3) is 5.91 Å². The maximum atomic E-state index is 13.2. The van der Waals surface area contributed by atoms with E-state index in [4.69, 9.17) is 11.5 Å². The zero-order chi connectivity index (χ0) is 26.4. The highest BCUT2D eigenvalue weighted by Gasteiger charge is 2.34. The molecule has 1 rings (SSSR count). The van der Waals surface area contributed by atoms with Crippen LogP contribution in [-0.2, 0) is 24.0 Å². The van der Waals surface area contributed by atoms with Crippen molar-refractivity contribution in [2.75, 3.05) is 6.54 Å². The van der Waals surface area contributed by atoms with Crippen molar-refractivity contribution in [2.45, 2.75) is 84.2 Å². The molecule has 0 radical (unpaired) electrons. The smallest absolute Gasteiger partial charge is 0.298 e. The second kappa shape index (κ2) is 15.8. The van der Waals surface area contributed by atoms with Gasteiger partial charge in [0.2, 0.25) is 23.5 Å². The molecule has 0 aliphatic rings. The van der Waals surface area contributed by atoms with Crippen LogP contribution in [0.4, 0.5) is 0 Å². The topological polar surface area (TPSA) is 153 Å². The summed E-state index contributed by atoms with van der Waals surface area (Å²) in [5, 5.41) is 2.47. The Labute approximate surface area is 208 Å². The first-order chi connectivity index (χ1) is 16.6. The SMILES string of the molecule is CCCCCCCC(C)C(=O)N(CC(=O)NC(C(N)=O)c1ccccc1)C(=O)C(=O)C(N)CCC. The highest BCUT2D eigenvalue weighted by atomic mass is 16.2. The van der Waals surface area contributed by atoms with Gasteiger partial charge in [0, 0.05) is 5.92 Å². The summed E-state index contributed by atoms with van der Waals surface area (Å²) in [4.78, 5) is 64.1. The van der Waals surface area contributed by atoms with Gasteiger partial charge >= 0.3 is 0 Å². The third kappa shape index (κ3) is 9.98. The lowest BCUT2D eigenvalue weighted by Gasteiger charge is -2.25. The molecule has 0 fully saturated rings. The fourth-order valence-electron chi connectivity index (χ4n) is 3.74. The molecule has 5 N–H and O–H groups in total. The number of ketones is 1. The lowest BCUT2D eigenvalue weighted by Crippen LogP contribution is -2.52. The number of hydrogen-bond acceptors (Lipinski definition) is 6. The van der Waals surface area contributed by atoms with Crippen molar-refractivity contribution >= 4 is 29.4 Å². The monoisotopic (exact) mass is 488 g/mol. The Balaban J connectivity index is 3.02. The summed E-state index contributed by atoms with van der Waals surface area (Å²) in [5.74, 6) is -4.80. The maximum Gasteiger partial charge on any atom is 0.298 e. The number of imide groups is 1. The van der Waals surface area contributed by atoms with E-state index >= 15 is 0 Å². The number of benzene rings is 1. The second-order valence-corrected chi connectivity index (χ2v) is 8.91. The average Bonchev–Trinajstić information content (AvgIpc) is 2.84. The van der Waals surface area contributed by atoms with E-state index in [2.05, 4.69) is 12.2 Å². The van der Waals surface area contributed by atoms with Gasteiger partial charge in [-0.25, -0.2) is 0 Å². The molecular formula is C26H40N4O5. The molecule has 35 heavy (non-hydrogen) atoms. The lowest BCUT2D eigenvalue weighted by atomic mass is 10.00. The van der Waals surface area contributed by atoms with Crippen LogP contribution in [-0.4, -0.2) is 46.9 Å². The maximum absolute atomic E-state index is 13.2. The molecule has 194 valence electrons. The molecule has 1 aromatic carbocycles. The predicted octanol–water partition coefficient (Wildman–Crippen LogP) is 2.38. The molecular weight excluding hydrogens is 448 g/mol. The number of nitrogens with zero attached hydrogens (tertiary/aromatic N) is 1. The molecule has 0 heterocycles. The van der Waals surface area contributed by atoms with Crippen molar-refractivity contribution in [3.63, 3.8) is 0 Å². The molecule has 0 spiro atoms. The van der Waals surface area contributed by atoms with Crippen molar-refractivity contribution in [3.05, 3.63) is 35.9 Å². The summed E-state index contributed by atoms with van der Waals surface area (Å²) in [6, 6.07) is 6.16. The van der Waals surface area contributed by atoms with E-state index in [0.717, 1.165) is 32.1 Å². The fourth-order valence-corrected chi connectivity index (χ4v) is 3.74. The summed E-state index contributed by atoms with van der Waals surface area (Å²) < 4.78 is 0. The normalized spacial score (nSPS) is 13.4. The number of nitrogens with two attached hydrogens (primary N) is 2. The van der Waals surface area contributed by atoms with Gasteiger partial charge in [-0.05, 0) is 18.4 Å². The largest absolute Gasteiger partial charge is 0.368 e. The van der Waals surface area contributed by atoms with Crippen LogP contribution in [0, 0.1) is 5.92 Å². The van der Waals surface area contributed by atoms with Gasteiger partial charge in [-0.1, -0.05) is 89.6 Å². The first-order valence-corrected chi connectivity index (χ1v) is 12.4. The summed E-state index contributed by atoms with van der Waals surface area (Å²) in [6.07, 6.45) is 6.40. The van der Waals surface area contributed by atoms with E-state index in [1.54, 1.807) is 37.3 Å². The Hall–Kier alpha value is -3.07. The van der Waals surface area contributed by atoms with E-state index in [1.807, 2.05) is 6.92 Å². The first-order valence-electron chi connectivity index (χ1n) is 12.4. The van der Waals surface area contributed by atoms with Gasteiger partial charge in [0.05, 0.1) is 6.04 Å². The number of primary amides is 1. The highest BCUT2D eigenvalue weighted by molar-refractivity contribution is 6.40. The van der Waals surface area contributed by atoms with Crippen molar-refractivity contribution < 1.29 is 24.0 Å². The van der Waals surface area contributed by atoms with Crippen molar-refractivity contribution in [2.24, 2.45) is 17.4 Å². The van der Waals surface area contributed by atoms with E-state index in [1.165, 1.54) is 0 Å². The van der Waals surface area contributed by atoms with Crippen LogP contribution in [0.3, 0.4) is 0 Å². The van der Waals surface area contributed by atoms with Crippen LogP contribution in [0.25, 0.3) is 0 Å². The fraction of sp³-hybridized carbons (Fsp3) is 0.577. The van der Waals surface area contributed by atoms with Crippen LogP contribution in [0.1, 0.15) is 83.7 Å². The molecule has 9 heteroatoms. The molecule has 0 aromatic heterocycles. The zero-order valence-electron chi connectivity index (χ0n) is 21.1. The summed E-state index contributed by atoms with van der Waals surface area (Å²) in [6.45, 7) is 4.90. The number of carbonyl (C=O) groups is 5. The van der Waals surface area contributed by atoms with Crippen molar-refractivity contribution in [1.82, 2.24) is 10.2 Å². The number of Topliss-reactive ketones (excluding diaryl/α,β-unsaturated/α-hetero) is 1.